The van der Waals surface area contributed by atoms with Crippen molar-refractivity contribution in [3.8, 4) is 5.75 Å². The number of benzene rings is 1. The van der Waals surface area contributed by atoms with Gasteiger partial charge in [0.15, 0.2) is 0 Å². The first-order chi connectivity index (χ1) is 10.2. The molecule has 0 saturated carbocycles. The largest absolute Gasteiger partial charge is 0.492 e. The molecule has 0 unspecified atom stereocenters. The van der Waals surface area contributed by atoms with E-state index in [0.717, 1.165) is 10.6 Å². The average Bonchev–Trinajstić information content (AvgIpc) is 2.39. The lowest BCUT2D eigenvalue weighted by atomic mass is 10.3. The number of hydrogen-bond acceptors (Lipinski definition) is 4. The van der Waals surface area contributed by atoms with Crippen LogP contribution in [-0.2, 0) is 14.8 Å². The van der Waals surface area contributed by atoms with Gasteiger partial charge < -0.3 is 10.1 Å². The fourth-order valence-corrected chi connectivity index (χ4v) is 2.26. The highest BCUT2D eigenvalue weighted by molar-refractivity contribution is 7.88. The van der Waals surface area contributed by atoms with Crippen LogP contribution < -0.4 is 10.1 Å². The quantitative estimate of drug-likeness (QED) is 0.709. The molecule has 0 saturated heterocycles. The van der Waals surface area contributed by atoms with Crippen LogP contribution in [0.4, 0.5) is 0 Å². The summed E-state index contributed by atoms with van der Waals surface area (Å²) in [4.78, 5) is 11.5. The van der Waals surface area contributed by atoms with Crippen molar-refractivity contribution < 1.29 is 17.9 Å². The molecule has 0 bridgehead atoms. The van der Waals surface area contributed by atoms with Gasteiger partial charge in [0.2, 0.25) is 15.9 Å². The maximum atomic E-state index is 11.5. The maximum absolute atomic E-state index is 11.5. The van der Waals surface area contributed by atoms with Crippen LogP contribution in [0.3, 0.4) is 0 Å². The number of carbonyl (C=O) groups is 1. The Bertz CT molecular complexity index is 622. The first-order valence-electron chi connectivity index (χ1n) is 6.46. The molecule has 1 amide bonds. The zero-order chi connectivity index (χ0) is 16.8. The van der Waals surface area contributed by atoms with E-state index in [4.69, 9.17) is 27.9 Å². The Balaban J connectivity index is 2.24. The molecule has 1 aromatic carbocycles. The molecule has 0 aliphatic heterocycles. The lowest BCUT2D eigenvalue weighted by molar-refractivity contribution is -0.121. The summed E-state index contributed by atoms with van der Waals surface area (Å²) in [6, 6.07) is 4.93. The fraction of sp³-hybridized carbons (Fsp3) is 0.462. The predicted molar refractivity (Wildman–Crippen MR) is 87.1 cm³/mol. The summed E-state index contributed by atoms with van der Waals surface area (Å²) in [5.41, 5.74) is 0. The second-order valence-electron chi connectivity index (χ2n) is 4.65. The number of halogens is 2. The summed E-state index contributed by atoms with van der Waals surface area (Å²) in [7, 11) is -2.01. The highest BCUT2D eigenvalue weighted by atomic mass is 35.5. The van der Waals surface area contributed by atoms with Crippen LogP contribution in [-0.4, -0.2) is 51.6 Å². The van der Waals surface area contributed by atoms with Crippen LogP contribution in [0.5, 0.6) is 5.75 Å². The molecule has 1 N–H and O–H groups in total. The smallest absolute Gasteiger partial charge is 0.235 e. The molecule has 1 aromatic rings. The van der Waals surface area contributed by atoms with Crippen LogP contribution in [0.2, 0.25) is 10.0 Å². The summed E-state index contributed by atoms with van der Waals surface area (Å²) < 4.78 is 28.8. The zero-order valence-corrected chi connectivity index (χ0v) is 14.6. The molecule has 0 aromatic heterocycles. The molecule has 1 rings (SSSR count). The molecule has 22 heavy (non-hydrogen) atoms. The third kappa shape index (κ3) is 6.83. The minimum absolute atomic E-state index is 0.206. The number of carbonyl (C=O) groups excluding carboxylic acids is 1. The van der Waals surface area contributed by atoms with Crippen molar-refractivity contribution in [1.29, 1.82) is 0 Å². The van der Waals surface area contributed by atoms with Crippen molar-refractivity contribution in [1.82, 2.24) is 9.62 Å². The predicted octanol–water partition coefficient (Wildman–Crippen LogP) is 1.77. The Kier molecular flexibility index (Phi) is 7.41. The first-order valence-corrected chi connectivity index (χ1v) is 9.06. The molecule has 0 radical (unpaired) electrons. The molecular weight excluding hydrogens is 351 g/mol. The van der Waals surface area contributed by atoms with Crippen LogP contribution in [0, 0.1) is 0 Å². The second kappa shape index (κ2) is 8.57. The number of likely N-dealkylation sites (N-methyl/N-ethyl adjacent to an activating group) is 1. The van der Waals surface area contributed by atoms with Crippen molar-refractivity contribution in [3.63, 3.8) is 0 Å². The molecule has 0 aliphatic carbocycles. The van der Waals surface area contributed by atoms with E-state index in [-0.39, 0.29) is 12.5 Å². The third-order valence-electron chi connectivity index (χ3n) is 2.73. The lowest BCUT2D eigenvalue weighted by Crippen LogP contribution is -2.38. The van der Waals surface area contributed by atoms with Gasteiger partial charge in [-0.3, -0.25) is 4.79 Å². The van der Waals surface area contributed by atoms with Gasteiger partial charge in [-0.25, -0.2) is 8.42 Å². The normalized spacial score (nSPS) is 11.5. The van der Waals surface area contributed by atoms with Gasteiger partial charge in [-0.1, -0.05) is 23.2 Å². The molecule has 6 nitrogen and oxygen atoms in total. The number of nitrogens with one attached hydrogen (secondary N) is 1. The number of amides is 1. The van der Waals surface area contributed by atoms with E-state index >= 15 is 0 Å². The van der Waals surface area contributed by atoms with Crippen molar-refractivity contribution in [2.75, 3.05) is 33.0 Å². The Hall–Kier alpha value is -1.02. The Labute approximate surface area is 140 Å². The second-order valence-corrected chi connectivity index (χ2v) is 7.58. The molecule has 124 valence electrons. The number of nitrogens with zero attached hydrogens (tertiary/aromatic N) is 1. The van der Waals surface area contributed by atoms with E-state index in [2.05, 4.69) is 5.32 Å². The molecular formula is C13H18Cl2N2O4S. The molecule has 0 spiro atoms. The minimum Gasteiger partial charge on any atom is -0.492 e. The fourth-order valence-electron chi connectivity index (χ4n) is 1.45. The molecule has 9 heteroatoms. The monoisotopic (exact) mass is 368 g/mol. The van der Waals surface area contributed by atoms with E-state index in [1.807, 2.05) is 0 Å². The van der Waals surface area contributed by atoms with Gasteiger partial charge in [0.1, 0.15) is 5.75 Å². The number of sulfonamides is 1. The van der Waals surface area contributed by atoms with Crippen LogP contribution >= 0.6 is 23.2 Å². The van der Waals surface area contributed by atoms with Gasteiger partial charge in [0.25, 0.3) is 0 Å². The molecule has 0 aliphatic rings. The summed E-state index contributed by atoms with van der Waals surface area (Å²) in [6.45, 7) is 0.536. The number of ether oxygens (including phenoxy) is 1. The summed E-state index contributed by atoms with van der Waals surface area (Å²) >= 11 is 11.7. The molecule has 0 atom stereocenters. The number of rotatable bonds is 8. The van der Waals surface area contributed by atoms with Crippen LogP contribution in [0.25, 0.3) is 0 Å². The first kappa shape index (κ1) is 19.0. The maximum Gasteiger partial charge on any atom is 0.235 e. The standard InChI is InChI=1S/C13H18Cl2N2O4S/c1-17(22(2,19)20)9-13(18)16-6-3-7-21-12-5-4-10(14)8-11(12)15/h4-5,8H,3,6-7,9H2,1-2H3,(H,16,18). The lowest BCUT2D eigenvalue weighted by Gasteiger charge is -2.13. The van der Waals surface area contributed by atoms with Gasteiger partial charge >= 0.3 is 0 Å². The summed E-state index contributed by atoms with van der Waals surface area (Å²) in [6.07, 6.45) is 1.61. The zero-order valence-electron chi connectivity index (χ0n) is 12.3. The Morgan fingerprint density at radius 2 is 2.05 bits per heavy atom. The van der Waals surface area contributed by atoms with Crippen molar-refractivity contribution >= 4 is 39.1 Å². The van der Waals surface area contributed by atoms with Crippen molar-refractivity contribution in [3.05, 3.63) is 28.2 Å². The average molecular weight is 369 g/mol. The van der Waals surface area contributed by atoms with Crippen molar-refractivity contribution in [2.45, 2.75) is 6.42 Å². The van der Waals surface area contributed by atoms with E-state index < -0.39 is 10.0 Å². The molecule has 0 fully saturated rings. The van der Waals surface area contributed by atoms with E-state index in [0.29, 0.717) is 35.4 Å². The highest BCUT2D eigenvalue weighted by Gasteiger charge is 2.14. The van der Waals surface area contributed by atoms with Crippen LogP contribution in [0.1, 0.15) is 6.42 Å². The highest BCUT2D eigenvalue weighted by Crippen LogP contribution is 2.27. The summed E-state index contributed by atoms with van der Waals surface area (Å²) in [5, 5.41) is 3.57. The Morgan fingerprint density at radius 3 is 2.64 bits per heavy atom. The van der Waals surface area contributed by atoms with E-state index in [1.54, 1.807) is 18.2 Å². The van der Waals surface area contributed by atoms with Gasteiger partial charge in [-0.15, -0.1) is 0 Å². The van der Waals surface area contributed by atoms with Gasteiger partial charge in [0, 0.05) is 18.6 Å². The minimum atomic E-state index is -3.36. The topological polar surface area (TPSA) is 75.7 Å². The SMILES string of the molecule is CN(CC(=O)NCCCOc1ccc(Cl)cc1Cl)S(C)(=O)=O. The number of hydrogen-bond donors (Lipinski definition) is 1. The van der Waals surface area contributed by atoms with E-state index in [9.17, 15) is 13.2 Å². The summed E-state index contributed by atoms with van der Waals surface area (Å²) in [5.74, 6) is 0.159. The third-order valence-corrected chi connectivity index (χ3v) is 4.52. The van der Waals surface area contributed by atoms with Crippen LogP contribution in [0.15, 0.2) is 18.2 Å². The van der Waals surface area contributed by atoms with Gasteiger partial charge in [-0.2, -0.15) is 4.31 Å². The van der Waals surface area contributed by atoms with E-state index in [1.165, 1.54) is 7.05 Å². The Morgan fingerprint density at radius 1 is 1.36 bits per heavy atom. The van der Waals surface area contributed by atoms with Gasteiger partial charge in [-0.05, 0) is 24.6 Å². The molecule has 0 heterocycles. The van der Waals surface area contributed by atoms with Gasteiger partial charge in [0.05, 0.1) is 24.4 Å². The van der Waals surface area contributed by atoms with Crippen molar-refractivity contribution in [2.24, 2.45) is 0 Å².